The Balaban J connectivity index is 2.64. The van der Waals surface area contributed by atoms with E-state index in [0.29, 0.717) is 28.0 Å². The number of ether oxygens (including phenoxy) is 2. The highest BCUT2D eigenvalue weighted by Crippen LogP contribution is 2.43. The standard InChI is InChI=1S/C11H9BrO5/c1-2-5-6(8(13)11(14)15)3-7(12)10-9(5)16-4-17-10/h3H,2,4H2,1H3,(H,14,15). The molecule has 0 amide bonds. The second-order valence-electron chi connectivity index (χ2n) is 3.44. The van der Waals surface area contributed by atoms with Crippen molar-refractivity contribution in [2.45, 2.75) is 13.3 Å². The molecule has 1 aromatic carbocycles. The monoisotopic (exact) mass is 300 g/mol. The van der Waals surface area contributed by atoms with Gasteiger partial charge in [-0.3, -0.25) is 4.79 Å². The Morgan fingerprint density at radius 3 is 2.65 bits per heavy atom. The lowest BCUT2D eigenvalue weighted by atomic mass is 10.00. The third-order valence-corrected chi connectivity index (χ3v) is 3.08. The van der Waals surface area contributed by atoms with Gasteiger partial charge in [0, 0.05) is 11.1 Å². The van der Waals surface area contributed by atoms with Gasteiger partial charge in [0.2, 0.25) is 6.79 Å². The number of ketones is 1. The predicted molar refractivity (Wildman–Crippen MR) is 61.6 cm³/mol. The highest BCUT2D eigenvalue weighted by atomic mass is 79.9. The van der Waals surface area contributed by atoms with Crippen LogP contribution in [0.2, 0.25) is 0 Å². The fraction of sp³-hybridized carbons (Fsp3) is 0.273. The molecule has 1 aromatic rings. The molecular formula is C11H9BrO5. The van der Waals surface area contributed by atoms with Crippen LogP contribution in [0.1, 0.15) is 22.8 Å². The highest BCUT2D eigenvalue weighted by Gasteiger charge is 2.28. The number of fused-ring (bicyclic) bond motifs is 1. The predicted octanol–water partition coefficient (Wildman–Crippen LogP) is 2.01. The number of benzene rings is 1. The van der Waals surface area contributed by atoms with Gasteiger partial charge in [-0.2, -0.15) is 0 Å². The molecule has 0 unspecified atom stereocenters. The summed E-state index contributed by atoms with van der Waals surface area (Å²) in [6, 6.07) is 1.46. The third kappa shape index (κ3) is 1.88. The Bertz CT molecular complexity index is 509. The second kappa shape index (κ2) is 4.37. The van der Waals surface area contributed by atoms with E-state index >= 15 is 0 Å². The van der Waals surface area contributed by atoms with Crippen molar-refractivity contribution >= 4 is 27.7 Å². The fourth-order valence-corrected chi connectivity index (χ4v) is 2.27. The zero-order valence-electron chi connectivity index (χ0n) is 8.95. The van der Waals surface area contributed by atoms with Gasteiger partial charge in [-0.05, 0) is 28.4 Å². The van der Waals surface area contributed by atoms with E-state index in [1.807, 2.05) is 6.92 Å². The van der Waals surface area contributed by atoms with Crippen molar-refractivity contribution in [2.75, 3.05) is 6.79 Å². The van der Waals surface area contributed by atoms with Gasteiger partial charge in [-0.25, -0.2) is 4.79 Å². The number of carbonyl (C=O) groups excluding carboxylic acids is 1. The minimum Gasteiger partial charge on any atom is -0.475 e. The van der Waals surface area contributed by atoms with E-state index in [1.165, 1.54) is 6.07 Å². The molecular weight excluding hydrogens is 292 g/mol. The van der Waals surface area contributed by atoms with Gasteiger partial charge in [0.25, 0.3) is 5.78 Å². The zero-order valence-corrected chi connectivity index (χ0v) is 10.5. The summed E-state index contributed by atoms with van der Waals surface area (Å²) in [4.78, 5) is 22.3. The van der Waals surface area contributed by atoms with Gasteiger partial charge in [-0.1, -0.05) is 6.92 Å². The molecule has 0 bridgehead atoms. The number of rotatable bonds is 3. The maximum Gasteiger partial charge on any atom is 0.377 e. The summed E-state index contributed by atoms with van der Waals surface area (Å²) in [6.45, 7) is 1.90. The van der Waals surface area contributed by atoms with Crippen LogP contribution in [0, 0.1) is 0 Å². The van der Waals surface area contributed by atoms with Crippen molar-refractivity contribution in [1.82, 2.24) is 0 Å². The summed E-state index contributed by atoms with van der Waals surface area (Å²) in [5, 5.41) is 8.76. The van der Waals surface area contributed by atoms with Gasteiger partial charge in [0.05, 0.1) is 4.47 Å². The summed E-state index contributed by atoms with van der Waals surface area (Å²) in [5.41, 5.74) is 0.698. The second-order valence-corrected chi connectivity index (χ2v) is 4.29. The molecule has 6 heteroatoms. The number of hydrogen-bond acceptors (Lipinski definition) is 4. The van der Waals surface area contributed by atoms with E-state index in [9.17, 15) is 9.59 Å². The number of carbonyl (C=O) groups is 2. The van der Waals surface area contributed by atoms with Crippen LogP contribution in [0.15, 0.2) is 10.5 Å². The number of halogens is 1. The smallest absolute Gasteiger partial charge is 0.377 e. The van der Waals surface area contributed by atoms with Crippen LogP contribution in [0.5, 0.6) is 11.5 Å². The molecule has 0 saturated carbocycles. The number of aliphatic carboxylic acids is 1. The Morgan fingerprint density at radius 2 is 2.06 bits per heavy atom. The summed E-state index contributed by atoms with van der Waals surface area (Å²) in [6.07, 6.45) is 0.493. The molecule has 90 valence electrons. The Morgan fingerprint density at radius 1 is 1.41 bits per heavy atom. The Labute approximate surface area is 105 Å². The quantitative estimate of drug-likeness (QED) is 0.683. The molecule has 1 aliphatic rings. The molecule has 0 spiro atoms. The summed E-state index contributed by atoms with van der Waals surface area (Å²) in [5.74, 6) is -1.46. The average Bonchev–Trinajstić information content (AvgIpc) is 2.77. The first-order chi connectivity index (χ1) is 8.06. The lowest BCUT2D eigenvalue weighted by Crippen LogP contribution is -2.15. The lowest BCUT2D eigenvalue weighted by Gasteiger charge is -2.09. The minimum atomic E-state index is -1.48. The van der Waals surface area contributed by atoms with E-state index in [-0.39, 0.29) is 12.4 Å². The van der Waals surface area contributed by atoms with Crippen molar-refractivity contribution in [3.8, 4) is 11.5 Å². The van der Waals surface area contributed by atoms with Crippen LogP contribution in [0.25, 0.3) is 0 Å². The van der Waals surface area contributed by atoms with Gasteiger partial charge in [-0.15, -0.1) is 0 Å². The van der Waals surface area contributed by atoms with Crippen LogP contribution in [-0.2, 0) is 11.2 Å². The van der Waals surface area contributed by atoms with E-state index in [1.54, 1.807) is 0 Å². The summed E-state index contributed by atoms with van der Waals surface area (Å²) in [7, 11) is 0. The normalized spacial score (nSPS) is 12.6. The zero-order chi connectivity index (χ0) is 12.6. The minimum absolute atomic E-state index is 0.0750. The van der Waals surface area contributed by atoms with E-state index in [0.717, 1.165) is 0 Å². The Hall–Kier alpha value is -1.56. The van der Waals surface area contributed by atoms with Crippen LogP contribution in [-0.4, -0.2) is 23.7 Å². The number of hydrogen-bond donors (Lipinski definition) is 1. The van der Waals surface area contributed by atoms with Gasteiger partial charge < -0.3 is 14.6 Å². The van der Waals surface area contributed by atoms with Gasteiger partial charge in [0.1, 0.15) is 0 Å². The van der Waals surface area contributed by atoms with Crippen molar-refractivity contribution < 1.29 is 24.2 Å². The molecule has 0 fully saturated rings. The molecule has 1 N–H and O–H groups in total. The number of Topliss-reactive ketones (excluding diaryl/α,β-unsaturated/α-hetero) is 1. The Kier molecular flexibility index (Phi) is 3.06. The maximum absolute atomic E-state index is 11.6. The van der Waals surface area contributed by atoms with E-state index < -0.39 is 11.8 Å². The summed E-state index contributed by atoms with van der Waals surface area (Å²) >= 11 is 3.23. The first-order valence-electron chi connectivity index (χ1n) is 4.94. The molecule has 0 atom stereocenters. The van der Waals surface area contributed by atoms with E-state index in [2.05, 4.69) is 15.9 Å². The SMILES string of the molecule is CCc1c(C(=O)C(=O)O)cc(Br)c2c1OCO2. The summed E-state index contributed by atoms with van der Waals surface area (Å²) < 4.78 is 11.0. The highest BCUT2D eigenvalue weighted by molar-refractivity contribution is 9.10. The molecule has 5 nitrogen and oxygen atoms in total. The molecule has 2 rings (SSSR count). The topological polar surface area (TPSA) is 72.8 Å². The van der Waals surface area contributed by atoms with E-state index in [4.69, 9.17) is 14.6 Å². The van der Waals surface area contributed by atoms with Crippen LogP contribution in [0.3, 0.4) is 0 Å². The molecule has 0 radical (unpaired) electrons. The van der Waals surface area contributed by atoms with Gasteiger partial charge >= 0.3 is 5.97 Å². The number of carboxylic acids is 1. The van der Waals surface area contributed by atoms with Gasteiger partial charge in [0.15, 0.2) is 11.5 Å². The van der Waals surface area contributed by atoms with Crippen LogP contribution < -0.4 is 9.47 Å². The molecule has 1 aliphatic heterocycles. The van der Waals surface area contributed by atoms with Crippen LogP contribution in [0.4, 0.5) is 0 Å². The fourth-order valence-electron chi connectivity index (χ4n) is 1.75. The van der Waals surface area contributed by atoms with Crippen molar-refractivity contribution in [1.29, 1.82) is 0 Å². The van der Waals surface area contributed by atoms with Crippen molar-refractivity contribution in [2.24, 2.45) is 0 Å². The molecule has 0 saturated heterocycles. The molecule has 1 heterocycles. The molecule has 17 heavy (non-hydrogen) atoms. The lowest BCUT2D eigenvalue weighted by molar-refractivity contribution is -0.131. The molecule has 0 aliphatic carbocycles. The average molecular weight is 301 g/mol. The van der Waals surface area contributed by atoms with Crippen molar-refractivity contribution in [3.05, 3.63) is 21.7 Å². The number of carboxylic acid groups (broad SMARTS) is 1. The third-order valence-electron chi connectivity index (χ3n) is 2.49. The first-order valence-corrected chi connectivity index (χ1v) is 5.74. The van der Waals surface area contributed by atoms with Crippen LogP contribution >= 0.6 is 15.9 Å². The maximum atomic E-state index is 11.6. The van der Waals surface area contributed by atoms with Crippen molar-refractivity contribution in [3.63, 3.8) is 0 Å². The molecule has 0 aromatic heterocycles. The largest absolute Gasteiger partial charge is 0.475 e. The first kappa shape index (κ1) is 11.9.